The van der Waals surface area contributed by atoms with Gasteiger partial charge in [0.25, 0.3) is 11.7 Å². The summed E-state index contributed by atoms with van der Waals surface area (Å²) >= 11 is 0. The Labute approximate surface area is 232 Å². The van der Waals surface area contributed by atoms with Gasteiger partial charge in [0.2, 0.25) is 6.33 Å². The highest BCUT2D eigenvalue weighted by molar-refractivity contribution is 6.46. The highest BCUT2D eigenvalue weighted by Crippen LogP contribution is 2.43. The van der Waals surface area contributed by atoms with Crippen LogP contribution < -0.4 is 23.5 Å². The Kier molecular flexibility index (Phi) is 8.04. The largest absolute Gasteiger partial charge is 0.507 e. The van der Waals surface area contributed by atoms with E-state index in [1.54, 1.807) is 42.5 Å². The molecular weight excluding hydrogens is 514 g/mol. The number of aromatic amines is 1. The third kappa shape index (κ3) is 5.38. The molecule has 0 aliphatic carbocycles. The Morgan fingerprint density at radius 3 is 2.73 bits per heavy atom. The summed E-state index contributed by atoms with van der Waals surface area (Å²) in [5, 5.41) is 11.5. The Balaban J connectivity index is 1.56. The Morgan fingerprint density at radius 2 is 1.98 bits per heavy atom. The quantitative estimate of drug-likeness (QED) is 0.124. The van der Waals surface area contributed by atoms with Crippen molar-refractivity contribution in [2.24, 2.45) is 0 Å². The van der Waals surface area contributed by atoms with E-state index >= 15 is 0 Å². The summed E-state index contributed by atoms with van der Waals surface area (Å²) in [4.78, 5) is 31.4. The number of carbonyl (C=O) groups is 2. The van der Waals surface area contributed by atoms with Crippen LogP contribution in [0.3, 0.4) is 0 Å². The van der Waals surface area contributed by atoms with Crippen molar-refractivity contribution in [2.75, 3.05) is 33.0 Å². The van der Waals surface area contributed by atoms with Crippen LogP contribution in [0, 0.1) is 0 Å². The van der Waals surface area contributed by atoms with Crippen molar-refractivity contribution < 1.29 is 38.2 Å². The minimum absolute atomic E-state index is 0.00168. The normalized spacial score (nSPS) is 17.6. The topological polar surface area (TPSA) is 114 Å². The van der Waals surface area contributed by atoms with Crippen LogP contribution in [0.25, 0.3) is 5.76 Å². The van der Waals surface area contributed by atoms with E-state index in [9.17, 15) is 14.7 Å². The highest BCUT2D eigenvalue weighted by atomic mass is 16.6. The number of Topliss-reactive ketones (excluding diaryl/α,β-unsaturated/α-hetero) is 1. The molecule has 2 N–H and O–H groups in total. The maximum Gasteiger partial charge on any atom is 0.295 e. The first-order chi connectivity index (χ1) is 19.5. The number of nitrogens with zero attached hydrogens (tertiary/aromatic N) is 2. The number of aliphatic hydroxyl groups excluding tert-OH is 1. The van der Waals surface area contributed by atoms with Crippen molar-refractivity contribution in [1.29, 1.82) is 0 Å². The Bertz CT molecular complexity index is 1430. The lowest BCUT2D eigenvalue weighted by molar-refractivity contribution is -0.695. The lowest BCUT2D eigenvalue weighted by Crippen LogP contribution is -2.36. The minimum Gasteiger partial charge on any atom is -0.507 e. The molecule has 2 aromatic carbocycles. The number of nitrogens with one attached hydrogen (secondary N) is 1. The monoisotopic (exact) mass is 546 g/mol. The van der Waals surface area contributed by atoms with E-state index in [4.69, 9.17) is 18.9 Å². The number of aromatic nitrogens is 2. The molecule has 3 heterocycles. The molecule has 0 bridgehead atoms. The second-order valence-electron chi connectivity index (χ2n) is 9.29. The van der Waals surface area contributed by atoms with Crippen LogP contribution in [0.2, 0.25) is 0 Å². The van der Waals surface area contributed by atoms with Crippen molar-refractivity contribution in [3.63, 3.8) is 0 Å². The maximum atomic E-state index is 13.5. The number of aliphatic hydroxyl groups is 1. The zero-order chi connectivity index (χ0) is 28.1. The summed E-state index contributed by atoms with van der Waals surface area (Å²) in [6.45, 7) is 7.97. The van der Waals surface area contributed by atoms with Gasteiger partial charge in [-0.15, -0.1) is 0 Å². The number of hydrogen-bond donors (Lipinski definition) is 2. The van der Waals surface area contributed by atoms with Crippen LogP contribution in [0.1, 0.15) is 30.5 Å². The summed E-state index contributed by atoms with van der Waals surface area (Å²) in [5.41, 5.74) is 0.964. The first kappa shape index (κ1) is 26.9. The number of ether oxygens (including phenoxy) is 4. The van der Waals surface area contributed by atoms with Crippen molar-refractivity contribution in [1.82, 2.24) is 9.88 Å². The van der Waals surface area contributed by atoms with Crippen LogP contribution in [-0.2, 0) is 16.1 Å². The maximum absolute atomic E-state index is 13.5. The van der Waals surface area contributed by atoms with Gasteiger partial charge in [-0.3, -0.25) is 14.6 Å². The van der Waals surface area contributed by atoms with Crippen LogP contribution in [0.15, 0.2) is 73.3 Å². The first-order valence-corrected chi connectivity index (χ1v) is 13.2. The number of likely N-dealkylation sites (tertiary alicyclic amines) is 1. The molecule has 2 aliphatic rings. The van der Waals surface area contributed by atoms with Gasteiger partial charge >= 0.3 is 0 Å². The van der Waals surface area contributed by atoms with Gasteiger partial charge in [-0.2, -0.15) is 0 Å². The molecule has 208 valence electrons. The number of H-pyrrole nitrogens is 1. The second kappa shape index (κ2) is 12.0. The van der Waals surface area contributed by atoms with E-state index in [2.05, 4.69) is 11.6 Å². The predicted octanol–water partition coefficient (Wildman–Crippen LogP) is 3.55. The third-order valence-corrected chi connectivity index (χ3v) is 6.71. The van der Waals surface area contributed by atoms with E-state index in [1.807, 2.05) is 30.2 Å². The molecule has 1 fully saturated rings. The number of fused-ring (bicyclic) bond motifs is 1. The molecular formula is C30H32N3O7+. The molecule has 3 aromatic rings. The number of imidazole rings is 1. The second-order valence-corrected chi connectivity index (χ2v) is 9.29. The van der Waals surface area contributed by atoms with E-state index in [-0.39, 0.29) is 11.3 Å². The number of rotatable bonds is 11. The van der Waals surface area contributed by atoms with Crippen molar-refractivity contribution in [3.8, 4) is 23.0 Å². The molecule has 1 atom stereocenters. The summed E-state index contributed by atoms with van der Waals surface area (Å²) < 4.78 is 24.8. The Hall–Kier alpha value is -4.73. The molecule has 0 radical (unpaired) electrons. The first-order valence-electron chi connectivity index (χ1n) is 13.2. The third-order valence-electron chi connectivity index (χ3n) is 6.71. The molecule has 1 unspecified atom stereocenters. The number of hydrogen-bond acceptors (Lipinski definition) is 7. The van der Waals surface area contributed by atoms with Crippen LogP contribution in [0.5, 0.6) is 23.0 Å². The van der Waals surface area contributed by atoms with Gasteiger partial charge in [-0.1, -0.05) is 18.7 Å². The number of amides is 1. The predicted molar refractivity (Wildman–Crippen MR) is 145 cm³/mol. The van der Waals surface area contributed by atoms with Gasteiger partial charge in [-0.25, -0.2) is 4.57 Å². The average molecular weight is 547 g/mol. The summed E-state index contributed by atoms with van der Waals surface area (Å²) in [5.74, 6) is 0.288. The van der Waals surface area contributed by atoms with Crippen molar-refractivity contribution >= 4 is 17.4 Å². The number of aryl methyl sites for hydroxylation is 1. The fourth-order valence-electron chi connectivity index (χ4n) is 4.92. The van der Waals surface area contributed by atoms with Gasteiger partial charge in [0.05, 0.1) is 24.8 Å². The van der Waals surface area contributed by atoms with Crippen LogP contribution in [0.4, 0.5) is 0 Å². The van der Waals surface area contributed by atoms with Crippen LogP contribution >= 0.6 is 0 Å². The van der Waals surface area contributed by atoms with Crippen molar-refractivity contribution in [2.45, 2.75) is 25.9 Å². The fourth-order valence-corrected chi connectivity index (χ4v) is 4.92. The molecule has 0 saturated carbocycles. The molecule has 1 saturated heterocycles. The molecule has 10 heteroatoms. The van der Waals surface area contributed by atoms with E-state index in [0.29, 0.717) is 80.1 Å². The Morgan fingerprint density at radius 1 is 1.15 bits per heavy atom. The molecule has 1 amide bonds. The summed E-state index contributed by atoms with van der Waals surface area (Å²) in [6.07, 6.45) is 7.75. The molecule has 0 spiro atoms. The molecule has 2 aliphatic heterocycles. The molecule has 1 aromatic heterocycles. The molecule has 10 nitrogen and oxygen atoms in total. The van der Waals surface area contributed by atoms with E-state index in [1.165, 1.54) is 4.90 Å². The molecule has 40 heavy (non-hydrogen) atoms. The smallest absolute Gasteiger partial charge is 0.295 e. The number of carbonyl (C=O) groups excluding carboxylic acids is 2. The zero-order valence-electron chi connectivity index (χ0n) is 22.3. The standard InChI is InChI=1S/C30H31N3O7/c1-3-14-38-22-8-6-20(17-24(22)37-4-2)27-26(28(34)21-7-9-23-25(18-21)40-16-15-39-23)29(35)30(36)33(27)12-5-11-32-13-10-31-19-32/h3,6-10,13,17-19,27H,1,4-5,11-12,14-16H2,2H3,(H,34,35)/p+1. The van der Waals surface area contributed by atoms with Gasteiger partial charge < -0.3 is 29.0 Å². The average Bonchev–Trinajstić information content (AvgIpc) is 3.58. The van der Waals surface area contributed by atoms with Crippen molar-refractivity contribution in [3.05, 3.63) is 84.5 Å². The van der Waals surface area contributed by atoms with E-state index in [0.717, 1.165) is 0 Å². The minimum atomic E-state index is -0.836. The lowest BCUT2D eigenvalue weighted by Gasteiger charge is -2.26. The summed E-state index contributed by atoms with van der Waals surface area (Å²) in [6, 6.07) is 9.39. The lowest BCUT2D eigenvalue weighted by atomic mass is 9.94. The van der Waals surface area contributed by atoms with Crippen LogP contribution in [-0.4, -0.2) is 59.7 Å². The number of ketones is 1. The van der Waals surface area contributed by atoms with Gasteiger partial charge in [0, 0.05) is 18.5 Å². The number of benzene rings is 2. The van der Waals surface area contributed by atoms with Gasteiger partial charge in [0.15, 0.2) is 23.0 Å². The van der Waals surface area contributed by atoms with Gasteiger partial charge in [-0.05, 0) is 42.8 Å². The summed E-state index contributed by atoms with van der Waals surface area (Å²) in [7, 11) is 0. The van der Waals surface area contributed by atoms with E-state index < -0.39 is 17.7 Å². The van der Waals surface area contributed by atoms with Gasteiger partial charge in [0.1, 0.15) is 38.0 Å². The highest BCUT2D eigenvalue weighted by Gasteiger charge is 2.46. The molecule has 5 rings (SSSR count). The zero-order valence-corrected chi connectivity index (χ0v) is 22.3. The fraction of sp³-hybridized carbons (Fsp3) is 0.300. The SMILES string of the molecule is C=CCOc1ccc(C2C(=C(O)c3ccc4c(c3)OCCO4)C(=O)C(=O)N2CCC[n+]2cc[nH]c2)cc1OCC.